The fourth-order valence-corrected chi connectivity index (χ4v) is 2.86. The van der Waals surface area contributed by atoms with Crippen molar-refractivity contribution in [2.75, 3.05) is 0 Å². The fourth-order valence-electron chi connectivity index (χ4n) is 2.86. The van der Waals surface area contributed by atoms with E-state index in [0.29, 0.717) is 12.5 Å². The summed E-state index contributed by atoms with van der Waals surface area (Å²) in [6.45, 7) is 4.82. The molecule has 2 N–H and O–H groups in total. The summed E-state index contributed by atoms with van der Waals surface area (Å²) in [4.78, 5) is 0. The van der Waals surface area contributed by atoms with Crippen molar-refractivity contribution in [2.24, 2.45) is 11.7 Å². The zero-order valence-electron chi connectivity index (χ0n) is 12.8. The summed E-state index contributed by atoms with van der Waals surface area (Å²) < 4.78 is 6.02. The van der Waals surface area contributed by atoms with Gasteiger partial charge in [-0.2, -0.15) is 0 Å². The number of rotatable bonds is 5. The van der Waals surface area contributed by atoms with E-state index in [0.717, 1.165) is 5.75 Å². The van der Waals surface area contributed by atoms with Gasteiger partial charge in [0.05, 0.1) is 0 Å². The summed E-state index contributed by atoms with van der Waals surface area (Å²) in [5.74, 6) is 1.67. The first kappa shape index (κ1) is 14.2. The Labute approximate surface area is 126 Å². The lowest BCUT2D eigenvalue weighted by Gasteiger charge is -2.17. The Bertz CT molecular complexity index is 594. The SMILES string of the molecule is Cc1cc([C@H](N)C2CC2)cc(C)c1OCc1ccccc1. The molecule has 0 unspecified atom stereocenters. The number of nitrogens with two attached hydrogens (primary N) is 1. The van der Waals surface area contributed by atoms with Gasteiger partial charge in [-0.3, -0.25) is 0 Å². The zero-order valence-corrected chi connectivity index (χ0v) is 12.8. The molecule has 1 atom stereocenters. The Balaban J connectivity index is 1.76. The second-order valence-electron chi connectivity index (χ2n) is 6.12. The van der Waals surface area contributed by atoms with Crippen LogP contribution in [0.5, 0.6) is 5.75 Å². The van der Waals surface area contributed by atoms with Gasteiger partial charge in [-0.15, -0.1) is 0 Å². The predicted octanol–water partition coefficient (Wildman–Crippen LogP) is 4.29. The van der Waals surface area contributed by atoms with E-state index in [1.165, 1.54) is 35.1 Å². The molecule has 110 valence electrons. The third kappa shape index (κ3) is 3.27. The van der Waals surface area contributed by atoms with Crippen molar-refractivity contribution in [1.82, 2.24) is 0 Å². The molecule has 1 fully saturated rings. The molecule has 2 nitrogen and oxygen atoms in total. The van der Waals surface area contributed by atoms with Crippen LogP contribution in [0.2, 0.25) is 0 Å². The third-order valence-corrected chi connectivity index (χ3v) is 4.22. The summed E-state index contributed by atoms with van der Waals surface area (Å²) in [6.07, 6.45) is 2.54. The highest BCUT2D eigenvalue weighted by Crippen LogP contribution is 2.40. The second kappa shape index (κ2) is 5.90. The van der Waals surface area contributed by atoms with E-state index in [4.69, 9.17) is 10.5 Å². The molecule has 1 aliphatic carbocycles. The maximum atomic E-state index is 6.31. The van der Waals surface area contributed by atoms with Crippen molar-refractivity contribution in [3.63, 3.8) is 0 Å². The molecule has 2 aromatic rings. The van der Waals surface area contributed by atoms with E-state index >= 15 is 0 Å². The molecule has 0 aliphatic heterocycles. The van der Waals surface area contributed by atoms with Gasteiger partial charge in [0.1, 0.15) is 12.4 Å². The van der Waals surface area contributed by atoms with Crippen LogP contribution in [-0.2, 0) is 6.61 Å². The molecular weight excluding hydrogens is 258 g/mol. The first-order chi connectivity index (χ1) is 10.1. The Morgan fingerprint density at radius 1 is 1.10 bits per heavy atom. The van der Waals surface area contributed by atoms with Crippen LogP contribution in [0, 0.1) is 19.8 Å². The van der Waals surface area contributed by atoms with Gasteiger partial charge < -0.3 is 10.5 Å². The minimum atomic E-state index is 0.186. The van der Waals surface area contributed by atoms with E-state index in [-0.39, 0.29) is 6.04 Å². The van der Waals surface area contributed by atoms with Crippen LogP contribution < -0.4 is 10.5 Å². The van der Waals surface area contributed by atoms with Crippen molar-refractivity contribution >= 4 is 0 Å². The Hall–Kier alpha value is -1.80. The first-order valence-corrected chi connectivity index (χ1v) is 7.68. The van der Waals surface area contributed by atoms with Gasteiger partial charge in [-0.1, -0.05) is 42.5 Å². The van der Waals surface area contributed by atoms with Crippen molar-refractivity contribution in [1.29, 1.82) is 0 Å². The summed E-state index contributed by atoms with van der Waals surface area (Å²) in [5.41, 5.74) is 11.1. The van der Waals surface area contributed by atoms with Crippen LogP contribution in [0.4, 0.5) is 0 Å². The normalized spacial score (nSPS) is 15.8. The zero-order chi connectivity index (χ0) is 14.8. The van der Waals surface area contributed by atoms with Crippen molar-refractivity contribution < 1.29 is 4.74 Å². The fraction of sp³-hybridized carbons (Fsp3) is 0.368. The smallest absolute Gasteiger partial charge is 0.125 e. The summed E-state index contributed by atoms with van der Waals surface area (Å²) in [7, 11) is 0. The summed E-state index contributed by atoms with van der Waals surface area (Å²) in [6, 6.07) is 14.8. The average molecular weight is 281 g/mol. The van der Waals surface area contributed by atoms with Crippen LogP contribution in [0.1, 0.15) is 41.1 Å². The third-order valence-electron chi connectivity index (χ3n) is 4.22. The largest absolute Gasteiger partial charge is 0.488 e. The molecule has 0 spiro atoms. The van der Waals surface area contributed by atoms with Crippen LogP contribution in [0.15, 0.2) is 42.5 Å². The monoisotopic (exact) mass is 281 g/mol. The van der Waals surface area contributed by atoms with Crippen molar-refractivity contribution in [3.8, 4) is 5.75 Å². The lowest BCUT2D eigenvalue weighted by molar-refractivity contribution is 0.302. The van der Waals surface area contributed by atoms with Crippen molar-refractivity contribution in [3.05, 3.63) is 64.7 Å². The Kier molecular flexibility index (Phi) is 3.98. The molecule has 0 amide bonds. The summed E-state index contributed by atoms with van der Waals surface area (Å²) >= 11 is 0. The maximum Gasteiger partial charge on any atom is 0.125 e. The molecular formula is C19H23NO. The standard InChI is InChI=1S/C19H23NO/c1-13-10-17(18(20)16-8-9-16)11-14(2)19(13)21-12-15-6-4-3-5-7-15/h3-7,10-11,16,18H,8-9,12,20H2,1-2H3/t18-/m1/s1. The van der Waals surface area contributed by atoms with Crippen LogP contribution in [0.3, 0.4) is 0 Å². The van der Waals surface area contributed by atoms with Crippen LogP contribution >= 0.6 is 0 Å². The first-order valence-electron chi connectivity index (χ1n) is 7.68. The minimum Gasteiger partial charge on any atom is -0.488 e. The minimum absolute atomic E-state index is 0.186. The number of ether oxygens (including phenoxy) is 1. The molecule has 0 heterocycles. The van der Waals surface area contributed by atoms with Gasteiger partial charge in [0.25, 0.3) is 0 Å². The highest BCUT2D eigenvalue weighted by atomic mass is 16.5. The van der Waals surface area contributed by atoms with E-state index in [2.05, 4.69) is 38.1 Å². The average Bonchev–Trinajstić information content (AvgIpc) is 3.31. The number of aryl methyl sites for hydroxylation is 2. The van der Waals surface area contributed by atoms with E-state index < -0.39 is 0 Å². The Morgan fingerprint density at radius 2 is 1.71 bits per heavy atom. The number of hydrogen-bond acceptors (Lipinski definition) is 2. The molecule has 1 aliphatic rings. The van der Waals surface area contributed by atoms with Gasteiger partial charge in [0, 0.05) is 6.04 Å². The molecule has 3 rings (SSSR count). The Morgan fingerprint density at radius 3 is 2.29 bits per heavy atom. The molecule has 0 radical (unpaired) electrons. The van der Waals surface area contributed by atoms with Gasteiger partial charge in [0.2, 0.25) is 0 Å². The van der Waals surface area contributed by atoms with E-state index in [1.54, 1.807) is 0 Å². The quantitative estimate of drug-likeness (QED) is 0.887. The van der Waals surface area contributed by atoms with Gasteiger partial charge in [0.15, 0.2) is 0 Å². The van der Waals surface area contributed by atoms with E-state index in [9.17, 15) is 0 Å². The molecule has 2 heteroatoms. The highest BCUT2D eigenvalue weighted by molar-refractivity contribution is 5.44. The van der Waals surface area contributed by atoms with Gasteiger partial charge in [-0.05, 0) is 54.9 Å². The lowest BCUT2D eigenvalue weighted by atomic mass is 9.98. The maximum absolute atomic E-state index is 6.31. The number of hydrogen-bond donors (Lipinski definition) is 1. The molecule has 0 bridgehead atoms. The molecule has 2 aromatic carbocycles. The molecule has 21 heavy (non-hydrogen) atoms. The topological polar surface area (TPSA) is 35.2 Å². The van der Waals surface area contributed by atoms with Crippen LogP contribution in [0.25, 0.3) is 0 Å². The second-order valence-corrected chi connectivity index (χ2v) is 6.12. The summed E-state index contributed by atoms with van der Waals surface area (Å²) in [5, 5.41) is 0. The molecule has 0 saturated heterocycles. The highest BCUT2D eigenvalue weighted by Gasteiger charge is 2.29. The van der Waals surface area contributed by atoms with Gasteiger partial charge in [-0.25, -0.2) is 0 Å². The number of benzene rings is 2. The molecule has 1 saturated carbocycles. The van der Waals surface area contributed by atoms with Gasteiger partial charge >= 0.3 is 0 Å². The van der Waals surface area contributed by atoms with E-state index in [1.807, 2.05) is 18.2 Å². The predicted molar refractivity (Wildman–Crippen MR) is 86.3 cm³/mol. The molecule has 0 aromatic heterocycles. The van der Waals surface area contributed by atoms with Crippen LogP contribution in [-0.4, -0.2) is 0 Å². The van der Waals surface area contributed by atoms with Crippen molar-refractivity contribution in [2.45, 2.75) is 39.3 Å². The lowest BCUT2D eigenvalue weighted by Crippen LogP contribution is -2.13.